The molecule has 5 atom stereocenters. The molecule has 2 aromatic rings. The summed E-state index contributed by atoms with van der Waals surface area (Å²) in [6.45, 7) is 2.13. The fourth-order valence-corrected chi connectivity index (χ4v) is 4.46. The van der Waals surface area contributed by atoms with E-state index in [1.54, 1.807) is 0 Å². The van der Waals surface area contributed by atoms with Gasteiger partial charge in [-0.3, -0.25) is 10.1 Å². The predicted octanol–water partition coefficient (Wildman–Crippen LogP) is 3.43. The van der Waals surface area contributed by atoms with Gasteiger partial charge < -0.3 is 5.11 Å². The summed E-state index contributed by atoms with van der Waals surface area (Å²) in [6.07, 6.45) is 1.45. The first-order valence-corrected chi connectivity index (χ1v) is 9.79. The van der Waals surface area contributed by atoms with Crippen molar-refractivity contribution in [3.8, 4) is 0 Å². The van der Waals surface area contributed by atoms with Gasteiger partial charge in [0.15, 0.2) is 0 Å². The third kappa shape index (κ3) is 3.60. The van der Waals surface area contributed by atoms with E-state index >= 15 is 0 Å². The normalized spacial score (nSPS) is 30.1. The molecule has 0 radical (unpaired) electrons. The van der Waals surface area contributed by atoms with Crippen LogP contribution >= 0.6 is 11.6 Å². The average Bonchev–Trinajstić information content (AvgIpc) is 3.12. The lowest BCUT2D eigenvalue weighted by atomic mass is 9.75. The molecule has 2 heterocycles. The maximum Gasteiger partial charge on any atom is 0.307 e. The summed E-state index contributed by atoms with van der Waals surface area (Å²) in [7, 11) is 0. The molecule has 2 aromatic carbocycles. The molecular weight excluding hydrogens is 362 g/mol. The first-order chi connectivity index (χ1) is 13.1. The topological polar surface area (TPSA) is 73.4 Å². The molecule has 2 aliphatic rings. The monoisotopic (exact) mass is 385 g/mol. The van der Waals surface area contributed by atoms with E-state index in [2.05, 4.69) is 47.4 Å². The van der Waals surface area contributed by atoms with E-state index < -0.39 is 11.9 Å². The van der Waals surface area contributed by atoms with Crippen molar-refractivity contribution in [2.24, 2.45) is 11.8 Å². The maximum atomic E-state index is 12.1. The van der Waals surface area contributed by atoms with Crippen LogP contribution in [0.3, 0.4) is 0 Å². The van der Waals surface area contributed by atoms with Gasteiger partial charge in [0.05, 0.1) is 18.1 Å². The van der Waals surface area contributed by atoms with Gasteiger partial charge >= 0.3 is 5.97 Å². The molecule has 6 heteroatoms. The van der Waals surface area contributed by atoms with Crippen LogP contribution in [0.2, 0.25) is 5.02 Å². The molecule has 4 rings (SSSR count). The van der Waals surface area contributed by atoms with Crippen LogP contribution in [-0.4, -0.2) is 17.2 Å². The number of piperidine rings is 1. The van der Waals surface area contributed by atoms with Crippen LogP contribution in [0.25, 0.3) is 0 Å². The highest BCUT2D eigenvalue weighted by Crippen LogP contribution is 2.42. The van der Waals surface area contributed by atoms with E-state index in [4.69, 9.17) is 11.6 Å². The molecule has 4 N–H and O–H groups in total. The zero-order chi connectivity index (χ0) is 19.0. The molecule has 5 unspecified atom stereocenters. The van der Waals surface area contributed by atoms with E-state index in [0.717, 1.165) is 17.5 Å². The Kier molecular flexibility index (Phi) is 5.19. The number of halogens is 1. The van der Waals surface area contributed by atoms with Gasteiger partial charge in [-0.2, -0.15) is 0 Å². The third-order valence-corrected chi connectivity index (χ3v) is 6.09. The number of hydrazine groups is 1. The lowest BCUT2D eigenvalue weighted by molar-refractivity contribution is -0.146. The van der Waals surface area contributed by atoms with E-state index in [-0.39, 0.29) is 24.2 Å². The number of aryl methyl sites for hydroxylation is 1. The number of hydrogen-bond donors (Lipinski definition) is 4. The van der Waals surface area contributed by atoms with Gasteiger partial charge in [0.2, 0.25) is 0 Å². The molecular formula is C21H24ClN3O2. The van der Waals surface area contributed by atoms with Crippen LogP contribution < -0.4 is 16.2 Å². The molecule has 2 aliphatic heterocycles. The molecule has 0 aromatic heterocycles. The molecule has 0 saturated carbocycles. The summed E-state index contributed by atoms with van der Waals surface area (Å²) in [5.74, 6) is -1.28. The Morgan fingerprint density at radius 3 is 2.37 bits per heavy atom. The van der Waals surface area contributed by atoms with Gasteiger partial charge in [0.25, 0.3) is 0 Å². The van der Waals surface area contributed by atoms with Crippen molar-refractivity contribution in [2.45, 2.75) is 38.0 Å². The van der Waals surface area contributed by atoms with E-state index in [0.29, 0.717) is 11.4 Å². The Balaban J connectivity index is 1.59. The molecule has 27 heavy (non-hydrogen) atoms. The highest BCUT2D eigenvalue weighted by molar-refractivity contribution is 6.30. The number of fused-ring (bicyclic) bond motifs is 1. The number of carboxylic acid groups (broad SMARTS) is 1. The Hall–Kier alpha value is -1.92. The second kappa shape index (κ2) is 7.60. The smallest absolute Gasteiger partial charge is 0.307 e. The molecule has 142 valence electrons. The second-order valence-corrected chi connectivity index (χ2v) is 7.80. The van der Waals surface area contributed by atoms with Gasteiger partial charge in [-0.15, -0.1) is 0 Å². The Morgan fingerprint density at radius 1 is 1.07 bits per heavy atom. The molecule has 0 amide bonds. The lowest BCUT2D eigenvalue weighted by Crippen LogP contribution is -2.53. The van der Waals surface area contributed by atoms with Crippen molar-refractivity contribution in [1.29, 1.82) is 0 Å². The Bertz CT molecular complexity index is 809. The second-order valence-electron chi connectivity index (χ2n) is 7.37. The van der Waals surface area contributed by atoms with E-state index in [9.17, 15) is 9.90 Å². The van der Waals surface area contributed by atoms with Gasteiger partial charge in [-0.1, -0.05) is 54.9 Å². The molecule has 2 saturated heterocycles. The summed E-state index contributed by atoms with van der Waals surface area (Å²) in [4.78, 5) is 12.1. The van der Waals surface area contributed by atoms with Crippen molar-refractivity contribution in [2.75, 3.05) is 0 Å². The van der Waals surface area contributed by atoms with Gasteiger partial charge in [-0.05, 0) is 41.7 Å². The van der Waals surface area contributed by atoms with E-state index in [1.807, 2.05) is 24.3 Å². The zero-order valence-electron chi connectivity index (χ0n) is 15.2. The minimum Gasteiger partial charge on any atom is -0.481 e. The lowest BCUT2D eigenvalue weighted by Gasteiger charge is -2.39. The first-order valence-electron chi connectivity index (χ1n) is 9.41. The number of aliphatic carboxylic acids is 1. The predicted molar refractivity (Wildman–Crippen MR) is 105 cm³/mol. The summed E-state index contributed by atoms with van der Waals surface area (Å²) in [5.41, 5.74) is 10.0. The minimum atomic E-state index is -0.744. The Morgan fingerprint density at radius 2 is 1.74 bits per heavy atom. The minimum absolute atomic E-state index is 0.0107. The van der Waals surface area contributed by atoms with Crippen molar-refractivity contribution >= 4 is 17.6 Å². The van der Waals surface area contributed by atoms with Crippen molar-refractivity contribution in [1.82, 2.24) is 16.2 Å². The third-order valence-electron chi connectivity index (χ3n) is 5.84. The number of rotatable bonds is 4. The summed E-state index contributed by atoms with van der Waals surface area (Å²) in [6, 6.07) is 16.0. The van der Waals surface area contributed by atoms with Crippen molar-refractivity contribution in [3.63, 3.8) is 0 Å². The molecule has 0 bridgehead atoms. The number of benzene rings is 2. The highest BCUT2D eigenvalue weighted by Gasteiger charge is 2.49. The van der Waals surface area contributed by atoms with Gasteiger partial charge in [-0.25, -0.2) is 10.9 Å². The average molecular weight is 386 g/mol. The molecule has 0 spiro atoms. The van der Waals surface area contributed by atoms with E-state index in [1.165, 1.54) is 5.56 Å². The van der Waals surface area contributed by atoms with Gasteiger partial charge in [0, 0.05) is 17.0 Å². The molecule has 0 aliphatic carbocycles. The SMILES string of the molecule is CCc1ccc(C2CC(C(=O)O)C3C(NNC3c3ccc(Cl)cc3)N2)cc1. The summed E-state index contributed by atoms with van der Waals surface area (Å²) < 4.78 is 0. The number of carboxylic acids is 1. The summed E-state index contributed by atoms with van der Waals surface area (Å²) in [5, 5.41) is 14.2. The zero-order valence-corrected chi connectivity index (χ0v) is 15.9. The summed E-state index contributed by atoms with van der Waals surface area (Å²) >= 11 is 6.00. The van der Waals surface area contributed by atoms with Crippen LogP contribution in [0.15, 0.2) is 48.5 Å². The van der Waals surface area contributed by atoms with Crippen LogP contribution in [0, 0.1) is 11.8 Å². The Labute approximate surface area is 164 Å². The maximum absolute atomic E-state index is 12.1. The van der Waals surface area contributed by atoms with Crippen molar-refractivity contribution < 1.29 is 9.90 Å². The largest absolute Gasteiger partial charge is 0.481 e. The van der Waals surface area contributed by atoms with Crippen molar-refractivity contribution in [3.05, 3.63) is 70.2 Å². The standard InChI is InChI=1S/C21H24ClN3O2/c1-2-12-3-5-13(6-4-12)17-11-16(21(26)27)18-19(24-25-20(18)23-17)14-7-9-15(22)10-8-14/h3-10,16-20,23-25H,2,11H2,1H3,(H,26,27). The quantitative estimate of drug-likeness (QED) is 0.649. The fraction of sp³-hybridized carbons (Fsp3) is 0.381. The van der Waals surface area contributed by atoms with Gasteiger partial charge in [0.1, 0.15) is 0 Å². The fourth-order valence-electron chi connectivity index (χ4n) is 4.34. The van der Waals surface area contributed by atoms with Crippen LogP contribution in [0.1, 0.15) is 42.1 Å². The first kappa shape index (κ1) is 18.4. The number of hydrogen-bond acceptors (Lipinski definition) is 4. The molecule has 2 fully saturated rings. The highest BCUT2D eigenvalue weighted by atomic mass is 35.5. The molecule has 5 nitrogen and oxygen atoms in total. The number of nitrogens with one attached hydrogen (secondary N) is 3. The van der Waals surface area contributed by atoms with Crippen LogP contribution in [-0.2, 0) is 11.2 Å². The van der Waals surface area contributed by atoms with Crippen LogP contribution in [0.5, 0.6) is 0 Å². The number of carbonyl (C=O) groups is 1. The van der Waals surface area contributed by atoms with Crippen LogP contribution in [0.4, 0.5) is 0 Å².